The molecule has 1 atom stereocenters. The van der Waals surface area contributed by atoms with Gasteiger partial charge in [0, 0.05) is 6.54 Å². The molecular formula is C21H24FNO5S. The number of hydrogen-bond acceptors (Lipinski definition) is 6. The molecule has 1 aromatic carbocycles. The van der Waals surface area contributed by atoms with E-state index in [1.807, 2.05) is 13.8 Å². The molecule has 0 saturated heterocycles. The summed E-state index contributed by atoms with van der Waals surface area (Å²) in [5.74, 6) is -2.18. The molecule has 156 valence electrons. The van der Waals surface area contributed by atoms with E-state index in [0.717, 1.165) is 0 Å². The molecule has 0 aliphatic carbocycles. The predicted molar refractivity (Wildman–Crippen MR) is 108 cm³/mol. The summed E-state index contributed by atoms with van der Waals surface area (Å²) in [5.41, 5.74) is 0.479. The lowest BCUT2D eigenvalue weighted by Gasteiger charge is -2.26. The van der Waals surface area contributed by atoms with Gasteiger partial charge in [0.25, 0.3) is 5.91 Å². The number of rotatable bonds is 8. The van der Waals surface area contributed by atoms with Crippen LogP contribution in [0.25, 0.3) is 0 Å². The number of ketones is 1. The molecular weight excluding hydrogens is 397 g/mol. The molecule has 1 amide bonds. The Labute approximate surface area is 172 Å². The van der Waals surface area contributed by atoms with Crippen molar-refractivity contribution in [3.63, 3.8) is 0 Å². The fraction of sp³-hybridized carbons (Fsp3) is 0.333. The molecule has 0 radical (unpaired) electrons. The van der Waals surface area contributed by atoms with Gasteiger partial charge in [-0.05, 0) is 29.1 Å². The first-order valence-electron chi connectivity index (χ1n) is 9.31. The summed E-state index contributed by atoms with van der Waals surface area (Å²) in [6, 6.07) is 7.92. The molecule has 2 heterocycles. The number of hydrogen-bond donors (Lipinski definition) is 2. The minimum atomic E-state index is -0.842. The normalized spacial score (nSPS) is 16.1. The van der Waals surface area contributed by atoms with Crippen LogP contribution in [0.1, 0.15) is 35.1 Å². The molecule has 0 spiro atoms. The van der Waals surface area contributed by atoms with Crippen molar-refractivity contribution in [3.05, 3.63) is 69.4 Å². The highest BCUT2D eigenvalue weighted by atomic mass is 32.1. The number of aliphatic hydroxyl groups excluding tert-OH is 2. The third-order valence-electron chi connectivity index (χ3n) is 4.19. The highest BCUT2D eigenvalue weighted by molar-refractivity contribution is 7.12. The van der Waals surface area contributed by atoms with Crippen molar-refractivity contribution in [2.75, 3.05) is 26.4 Å². The van der Waals surface area contributed by atoms with Crippen LogP contribution in [0.2, 0.25) is 0 Å². The minimum Gasteiger partial charge on any atom is -0.503 e. The van der Waals surface area contributed by atoms with Crippen LogP contribution in [0.5, 0.6) is 0 Å². The quantitative estimate of drug-likeness (QED) is 0.503. The summed E-state index contributed by atoms with van der Waals surface area (Å²) in [5, 5.41) is 20.9. The fourth-order valence-electron chi connectivity index (χ4n) is 2.98. The summed E-state index contributed by atoms with van der Waals surface area (Å²) >= 11 is 1.21. The Hall–Kier alpha value is -2.55. The smallest absolute Gasteiger partial charge is 0.290 e. The van der Waals surface area contributed by atoms with Gasteiger partial charge in [0.1, 0.15) is 5.82 Å². The van der Waals surface area contributed by atoms with E-state index in [0.29, 0.717) is 10.4 Å². The maximum absolute atomic E-state index is 13.3. The molecule has 3 rings (SSSR count). The second-order valence-corrected chi connectivity index (χ2v) is 6.81. The SMILES string of the molecule is CC.O=C(C1=C(O)C(=O)N(CCOCCO)C1c1ccc(F)cc1)c1cccs1. The van der Waals surface area contributed by atoms with Crippen molar-refractivity contribution in [3.8, 4) is 0 Å². The topological polar surface area (TPSA) is 87.1 Å². The highest BCUT2D eigenvalue weighted by Gasteiger charge is 2.43. The van der Waals surface area contributed by atoms with E-state index in [4.69, 9.17) is 9.84 Å². The van der Waals surface area contributed by atoms with Crippen LogP contribution in [0.15, 0.2) is 53.1 Å². The van der Waals surface area contributed by atoms with Crippen molar-refractivity contribution < 1.29 is 28.9 Å². The zero-order valence-electron chi connectivity index (χ0n) is 16.3. The molecule has 8 heteroatoms. The van der Waals surface area contributed by atoms with Crippen LogP contribution in [-0.2, 0) is 9.53 Å². The molecule has 1 aliphatic heterocycles. The first kappa shape index (κ1) is 22.7. The van der Waals surface area contributed by atoms with E-state index in [-0.39, 0.29) is 31.9 Å². The maximum Gasteiger partial charge on any atom is 0.290 e. The number of halogens is 1. The van der Waals surface area contributed by atoms with Gasteiger partial charge in [-0.25, -0.2) is 4.39 Å². The second-order valence-electron chi connectivity index (χ2n) is 5.86. The average Bonchev–Trinajstić information content (AvgIpc) is 3.36. The molecule has 0 saturated carbocycles. The number of amides is 1. The molecule has 0 fully saturated rings. The monoisotopic (exact) mass is 421 g/mol. The van der Waals surface area contributed by atoms with Crippen molar-refractivity contribution in [1.29, 1.82) is 0 Å². The number of thiophene rings is 1. The fourth-order valence-corrected chi connectivity index (χ4v) is 3.66. The van der Waals surface area contributed by atoms with Gasteiger partial charge < -0.3 is 19.8 Å². The molecule has 0 bridgehead atoms. The van der Waals surface area contributed by atoms with Gasteiger partial charge in [-0.3, -0.25) is 9.59 Å². The Kier molecular flexibility index (Phi) is 8.50. The molecule has 1 aromatic heterocycles. The number of Topliss-reactive ketones (excluding diaryl/α,β-unsaturated/α-hetero) is 1. The van der Waals surface area contributed by atoms with Crippen LogP contribution >= 0.6 is 11.3 Å². The third kappa shape index (κ3) is 5.09. The van der Waals surface area contributed by atoms with E-state index in [1.54, 1.807) is 17.5 Å². The largest absolute Gasteiger partial charge is 0.503 e. The Morgan fingerprint density at radius 2 is 1.90 bits per heavy atom. The number of carbonyl (C=O) groups is 2. The summed E-state index contributed by atoms with van der Waals surface area (Å²) in [6.07, 6.45) is 0. The van der Waals surface area contributed by atoms with Gasteiger partial charge in [0.2, 0.25) is 5.78 Å². The zero-order chi connectivity index (χ0) is 21.4. The summed E-state index contributed by atoms with van der Waals surface area (Å²) in [6.45, 7) is 4.19. The summed E-state index contributed by atoms with van der Waals surface area (Å²) in [7, 11) is 0. The first-order chi connectivity index (χ1) is 14.0. The number of ether oxygens (including phenoxy) is 1. The standard InChI is InChI=1S/C19H18FNO5S.C2H6/c20-13-5-3-12(4-6-13)16-15(17(23)14-2-1-11-27-14)18(24)19(25)21(16)7-9-26-10-8-22;1-2/h1-6,11,16,22,24H,7-10H2;1-2H3. The van der Waals surface area contributed by atoms with Crippen molar-refractivity contribution in [2.24, 2.45) is 0 Å². The predicted octanol–water partition coefficient (Wildman–Crippen LogP) is 3.50. The summed E-state index contributed by atoms with van der Waals surface area (Å²) < 4.78 is 18.6. The van der Waals surface area contributed by atoms with Crippen LogP contribution in [0.4, 0.5) is 4.39 Å². The van der Waals surface area contributed by atoms with Crippen molar-refractivity contribution in [1.82, 2.24) is 4.90 Å². The second kappa shape index (κ2) is 10.8. The van der Waals surface area contributed by atoms with Gasteiger partial charge in [0.15, 0.2) is 5.76 Å². The van der Waals surface area contributed by atoms with Crippen LogP contribution in [-0.4, -0.2) is 53.2 Å². The van der Waals surface area contributed by atoms with E-state index in [9.17, 15) is 19.1 Å². The molecule has 2 aromatic rings. The van der Waals surface area contributed by atoms with Gasteiger partial charge in [0.05, 0.1) is 36.3 Å². The van der Waals surface area contributed by atoms with Crippen LogP contribution in [0, 0.1) is 5.82 Å². The van der Waals surface area contributed by atoms with Gasteiger partial charge in [-0.2, -0.15) is 0 Å². The van der Waals surface area contributed by atoms with Crippen LogP contribution in [0.3, 0.4) is 0 Å². The lowest BCUT2D eigenvalue weighted by atomic mass is 9.95. The Morgan fingerprint density at radius 3 is 2.48 bits per heavy atom. The highest BCUT2D eigenvalue weighted by Crippen LogP contribution is 2.39. The Bertz CT molecular complexity index is 848. The summed E-state index contributed by atoms with van der Waals surface area (Å²) in [4.78, 5) is 27.2. The van der Waals surface area contributed by atoms with E-state index in [2.05, 4.69) is 0 Å². The number of nitrogens with zero attached hydrogens (tertiary/aromatic N) is 1. The van der Waals surface area contributed by atoms with Gasteiger partial charge in [-0.1, -0.05) is 32.0 Å². The lowest BCUT2D eigenvalue weighted by Crippen LogP contribution is -2.34. The van der Waals surface area contributed by atoms with Gasteiger partial charge >= 0.3 is 0 Å². The Morgan fingerprint density at radius 1 is 1.21 bits per heavy atom. The number of aliphatic hydroxyl groups is 2. The van der Waals surface area contributed by atoms with Crippen LogP contribution < -0.4 is 0 Å². The zero-order valence-corrected chi connectivity index (χ0v) is 17.1. The first-order valence-corrected chi connectivity index (χ1v) is 10.2. The molecule has 2 N–H and O–H groups in total. The van der Waals surface area contributed by atoms with Gasteiger partial charge in [-0.15, -0.1) is 11.3 Å². The lowest BCUT2D eigenvalue weighted by molar-refractivity contribution is -0.130. The third-order valence-corrected chi connectivity index (χ3v) is 5.06. The molecule has 6 nitrogen and oxygen atoms in total. The number of carbonyl (C=O) groups excluding carboxylic acids is 2. The maximum atomic E-state index is 13.3. The van der Waals surface area contributed by atoms with E-state index in [1.165, 1.54) is 40.5 Å². The Balaban J connectivity index is 0.00000145. The van der Waals surface area contributed by atoms with E-state index >= 15 is 0 Å². The molecule has 1 aliphatic rings. The van der Waals surface area contributed by atoms with E-state index < -0.39 is 29.3 Å². The van der Waals surface area contributed by atoms with Crippen molar-refractivity contribution >= 4 is 23.0 Å². The molecule has 29 heavy (non-hydrogen) atoms. The average molecular weight is 421 g/mol. The molecule has 1 unspecified atom stereocenters. The minimum absolute atomic E-state index is 0.0313. The van der Waals surface area contributed by atoms with Crippen molar-refractivity contribution in [2.45, 2.75) is 19.9 Å². The number of benzene rings is 1.